The lowest BCUT2D eigenvalue weighted by molar-refractivity contribution is -0.150. The van der Waals surface area contributed by atoms with Crippen molar-refractivity contribution in [1.82, 2.24) is 25.0 Å². The molecule has 2 heterocycles. The van der Waals surface area contributed by atoms with Crippen molar-refractivity contribution in [2.45, 2.75) is 64.0 Å². The molecule has 9 heteroatoms. The average Bonchev–Trinajstić information content (AvgIpc) is 3.41. The number of aromatic nitrogens is 3. The lowest BCUT2D eigenvalue weighted by Gasteiger charge is -2.35. The van der Waals surface area contributed by atoms with Gasteiger partial charge in [-0.2, -0.15) is 0 Å². The Hall–Kier alpha value is -2.42. The highest BCUT2D eigenvalue weighted by Gasteiger charge is 2.49. The van der Waals surface area contributed by atoms with Gasteiger partial charge in [0.25, 0.3) is 0 Å². The number of aryl methyl sites for hydroxylation is 2. The molecule has 2 aromatic rings. The van der Waals surface area contributed by atoms with Gasteiger partial charge in [0, 0.05) is 44.4 Å². The molecule has 0 radical (unpaired) electrons. The van der Waals surface area contributed by atoms with Crippen LogP contribution in [0, 0.1) is 37.4 Å². The van der Waals surface area contributed by atoms with Crippen LogP contribution in [0.2, 0.25) is 0 Å². The number of carbonyl (C=O) groups excluding carboxylic acids is 1. The second kappa shape index (κ2) is 8.98. The van der Waals surface area contributed by atoms with E-state index >= 15 is 0 Å². The largest absolute Gasteiger partial charge is 0.349 e. The Bertz CT molecular complexity index is 1020. The fraction of sp³-hybridized carbons (Fsp3) is 0.640. The van der Waals surface area contributed by atoms with Crippen LogP contribution in [0.15, 0.2) is 24.3 Å². The molecule has 2 saturated carbocycles. The molecular weight excluding hydrogens is 443 g/mol. The molecule has 1 amide bonds. The van der Waals surface area contributed by atoms with Gasteiger partial charge in [0.1, 0.15) is 17.5 Å². The minimum Gasteiger partial charge on any atom is -0.349 e. The number of benzene rings is 1. The van der Waals surface area contributed by atoms with Crippen molar-refractivity contribution in [3.63, 3.8) is 0 Å². The molecule has 1 N–H and O–H groups in total. The molecule has 1 saturated heterocycles. The molecule has 6 nitrogen and oxygen atoms in total. The first-order valence-corrected chi connectivity index (χ1v) is 12.2. The zero-order valence-electron chi connectivity index (χ0n) is 19.7. The molecule has 1 aliphatic heterocycles. The lowest BCUT2D eigenvalue weighted by atomic mass is 9.80. The molecule has 1 aromatic carbocycles. The van der Waals surface area contributed by atoms with E-state index in [-0.39, 0.29) is 11.7 Å². The number of carbonyl (C=O) groups is 1. The minimum atomic E-state index is -2.74. The SMILES string of the molecule is Cc1nnc(C)n1C1C[C@@H]2CN(CC[C@H](NC(=O)C3CC(F)(F)C3)c3cccc(F)c3)C[C@@H]2C1. The molecule has 2 aliphatic carbocycles. The summed E-state index contributed by atoms with van der Waals surface area (Å²) < 4.78 is 42.6. The topological polar surface area (TPSA) is 63.1 Å². The van der Waals surface area contributed by atoms with Crippen LogP contribution in [0.5, 0.6) is 0 Å². The second-order valence-corrected chi connectivity index (χ2v) is 10.4. The molecule has 1 unspecified atom stereocenters. The van der Waals surface area contributed by atoms with Gasteiger partial charge in [-0.25, -0.2) is 13.2 Å². The van der Waals surface area contributed by atoms with Gasteiger partial charge in [-0.15, -0.1) is 10.2 Å². The average molecular weight is 476 g/mol. The standard InChI is InChI=1S/C25H32F3N5O/c1-15-30-31-16(2)33(15)22-9-18-13-32(14-19(18)10-22)7-6-23(17-4-3-5-21(26)8-17)29-24(34)20-11-25(27,28)12-20/h3-5,8,18-20,22-23H,6-7,9-14H2,1-2H3,(H,29,34)/t18-,19+,22?,23-/m0/s1. The molecule has 184 valence electrons. The van der Waals surface area contributed by atoms with Crippen LogP contribution in [0.4, 0.5) is 13.2 Å². The van der Waals surface area contributed by atoms with Crippen molar-refractivity contribution in [3.05, 3.63) is 47.3 Å². The molecule has 0 spiro atoms. The minimum absolute atomic E-state index is 0.360. The fourth-order valence-electron chi connectivity index (χ4n) is 6.26. The van der Waals surface area contributed by atoms with Crippen LogP contribution in [0.25, 0.3) is 0 Å². The molecule has 3 aliphatic rings. The molecule has 0 bridgehead atoms. The van der Waals surface area contributed by atoms with Crippen molar-refractivity contribution in [1.29, 1.82) is 0 Å². The molecule has 34 heavy (non-hydrogen) atoms. The summed E-state index contributed by atoms with van der Waals surface area (Å²) in [5.74, 6) is -0.968. The lowest BCUT2D eigenvalue weighted by Crippen LogP contribution is -2.46. The Morgan fingerprint density at radius 2 is 1.79 bits per heavy atom. The highest BCUT2D eigenvalue weighted by molar-refractivity contribution is 5.80. The number of rotatable bonds is 7. The maximum atomic E-state index is 13.9. The molecular formula is C25H32F3N5O. The second-order valence-electron chi connectivity index (χ2n) is 10.4. The third-order valence-corrected chi connectivity index (χ3v) is 7.97. The van der Waals surface area contributed by atoms with E-state index in [1.165, 1.54) is 12.1 Å². The summed E-state index contributed by atoms with van der Waals surface area (Å²) in [6.45, 7) is 6.78. The maximum absolute atomic E-state index is 13.9. The normalized spacial score (nSPS) is 27.4. The van der Waals surface area contributed by atoms with Crippen LogP contribution in [0.1, 0.15) is 61.4 Å². The number of fused-ring (bicyclic) bond motifs is 1. The Labute approximate surface area is 197 Å². The number of hydrogen-bond donors (Lipinski definition) is 1. The number of alkyl halides is 2. The maximum Gasteiger partial charge on any atom is 0.249 e. The number of amides is 1. The predicted octanol–water partition coefficient (Wildman–Crippen LogP) is 4.21. The van der Waals surface area contributed by atoms with E-state index in [2.05, 4.69) is 25.0 Å². The van der Waals surface area contributed by atoms with Gasteiger partial charge in [-0.3, -0.25) is 4.79 Å². The Morgan fingerprint density at radius 1 is 1.15 bits per heavy atom. The van der Waals surface area contributed by atoms with Gasteiger partial charge >= 0.3 is 0 Å². The summed E-state index contributed by atoms with van der Waals surface area (Å²) >= 11 is 0. The quantitative estimate of drug-likeness (QED) is 0.652. The van der Waals surface area contributed by atoms with Crippen molar-refractivity contribution in [2.75, 3.05) is 19.6 Å². The summed E-state index contributed by atoms with van der Waals surface area (Å²) in [6.07, 6.45) is 2.03. The van der Waals surface area contributed by atoms with E-state index in [0.29, 0.717) is 29.9 Å². The number of halogens is 3. The first-order valence-electron chi connectivity index (χ1n) is 12.2. The molecule has 1 aromatic heterocycles. The van der Waals surface area contributed by atoms with Crippen molar-refractivity contribution in [3.8, 4) is 0 Å². The van der Waals surface area contributed by atoms with Crippen LogP contribution >= 0.6 is 0 Å². The molecule has 3 fully saturated rings. The van der Waals surface area contributed by atoms with E-state index in [1.807, 2.05) is 13.8 Å². The molecule has 4 atom stereocenters. The monoisotopic (exact) mass is 475 g/mol. The zero-order valence-corrected chi connectivity index (χ0v) is 19.7. The summed E-state index contributed by atoms with van der Waals surface area (Å²) in [7, 11) is 0. The van der Waals surface area contributed by atoms with Crippen molar-refractivity contribution >= 4 is 5.91 Å². The Kier molecular flexibility index (Phi) is 6.16. The Balaban J connectivity index is 1.19. The van der Waals surface area contributed by atoms with E-state index in [9.17, 15) is 18.0 Å². The number of nitrogens with one attached hydrogen (secondary N) is 1. The third-order valence-electron chi connectivity index (χ3n) is 7.97. The highest BCUT2D eigenvalue weighted by atomic mass is 19.3. The van der Waals surface area contributed by atoms with Crippen molar-refractivity contribution in [2.24, 2.45) is 17.8 Å². The van der Waals surface area contributed by atoms with Crippen LogP contribution in [-0.4, -0.2) is 51.1 Å². The zero-order chi connectivity index (χ0) is 24.0. The van der Waals surface area contributed by atoms with Crippen LogP contribution < -0.4 is 5.32 Å². The van der Waals surface area contributed by atoms with E-state index < -0.39 is 30.7 Å². The predicted molar refractivity (Wildman–Crippen MR) is 121 cm³/mol. The van der Waals surface area contributed by atoms with Crippen LogP contribution in [0.3, 0.4) is 0 Å². The smallest absolute Gasteiger partial charge is 0.249 e. The highest BCUT2D eigenvalue weighted by Crippen LogP contribution is 2.45. The Morgan fingerprint density at radius 3 is 2.38 bits per heavy atom. The first-order chi connectivity index (χ1) is 16.2. The molecule has 5 rings (SSSR count). The van der Waals surface area contributed by atoms with Crippen LogP contribution in [-0.2, 0) is 4.79 Å². The summed E-state index contributed by atoms with van der Waals surface area (Å²) in [5.41, 5.74) is 0.678. The third kappa shape index (κ3) is 4.72. The summed E-state index contributed by atoms with van der Waals surface area (Å²) in [6, 6.07) is 6.26. The number of nitrogens with zero attached hydrogens (tertiary/aromatic N) is 4. The van der Waals surface area contributed by atoms with Crippen molar-refractivity contribution < 1.29 is 18.0 Å². The fourth-order valence-corrected chi connectivity index (χ4v) is 6.26. The van der Waals surface area contributed by atoms with E-state index in [4.69, 9.17) is 0 Å². The summed E-state index contributed by atoms with van der Waals surface area (Å²) in [4.78, 5) is 15.0. The van der Waals surface area contributed by atoms with Gasteiger partial charge in [-0.1, -0.05) is 12.1 Å². The van der Waals surface area contributed by atoms with Gasteiger partial charge in [0.15, 0.2) is 0 Å². The van der Waals surface area contributed by atoms with E-state index in [1.54, 1.807) is 12.1 Å². The van der Waals surface area contributed by atoms with E-state index in [0.717, 1.165) is 44.1 Å². The first kappa shape index (κ1) is 23.3. The van der Waals surface area contributed by atoms with Gasteiger partial charge in [0.05, 0.1) is 6.04 Å². The van der Waals surface area contributed by atoms with Gasteiger partial charge in [-0.05, 0) is 62.6 Å². The summed E-state index contributed by atoms with van der Waals surface area (Å²) in [5, 5.41) is 11.3. The number of likely N-dealkylation sites (tertiary alicyclic amines) is 1. The number of hydrogen-bond acceptors (Lipinski definition) is 4. The van der Waals surface area contributed by atoms with Gasteiger partial charge < -0.3 is 14.8 Å². The van der Waals surface area contributed by atoms with Gasteiger partial charge in [0.2, 0.25) is 11.8 Å².